The van der Waals surface area contributed by atoms with Gasteiger partial charge in [0.15, 0.2) is 0 Å². The van der Waals surface area contributed by atoms with Crippen molar-refractivity contribution in [1.82, 2.24) is 4.57 Å². The van der Waals surface area contributed by atoms with Gasteiger partial charge in [0.05, 0.1) is 17.1 Å². The van der Waals surface area contributed by atoms with Crippen LogP contribution in [0.5, 0.6) is 0 Å². The van der Waals surface area contributed by atoms with Gasteiger partial charge in [-0.1, -0.05) is 44.0 Å². The van der Waals surface area contributed by atoms with Gasteiger partial charge in [-0.25, -0.2) is 0 Å². The molecule has 0 aliphatic heterocycles. The Morgan fingerprint density at radius 3 is 2.00 bits per heavy atom. The number of anilines is 1. The number of nitrogens with one attached hydrogen (secondary N) is 1. The maximum Gasteiger partial charge on any atom is 0.130 e. The Kier molecular flexibility index (Phi) is 5.25. The maximum absolute atomic E-state index is 10.7. The number of rotatable bonds is 4. The minimum absolute atomic E-state index is 0.303. The summed E-state index contributed by atoms with van der Waals surface area (Å²) in [5, 5.41) is 16.6. The van der Waals surface area contributed by atoms with E-state index in [4.69, 9.17) is 0 Å². The Bertz CT molecular complexity index is 1120. The van der Waals surface area contributed by atoms with E-state index in [-0.39, 0.29) is 6.17 Å². The zero-order valence-electron chi connectivity index (χ0n) is 16.0. The summed E-state index contributed by atoms with van der Waals surface area (Å²) < 4.78 is 4.28. The summed E-state index contributed by atoms with van der Waals surface area (Å²) in [5.74, 6) is 0. The van der Waals surface area contributed by atoms with Gasteiger partial charge in [-0.3, -0.25) is 0 Å². The lowest BCUT2D eigenvalue weighted by atomic mass is 10.1. The van der Waals surface area contributed by atoms with Crippen LogP contribution < -0.4 is 5.32 Å². The van der Waals surface area contributed by atoms with Crippen molar-refractivity contribution in [1.29, 1.82) is 0 Å². The number of fused-ring (bicyclic) bond motifs is 3. The number of aryl methyl sites for hydroxylation is 1. The molecule has 1 aromatic heterocycles. The van der Waals surface area contributed by atoms with Crippen molar-refractivity contribution in [3.8, 4) is 0 Å². The van der Waals surface area contributed by atoms with E-state index in [0.717, 1.165) is 36.4 Å². The summed E-state index contributed by atoms with van der Waals surface area (Å²) in [6.45, 7) is 6.04. The highest BCUT2D eigenvalue weighted by Crippen LogP contribution is 2.36. The van der Waals surface area contributed by atoms with E-state index < -0.39 is 6.10 Å². The fraction of sp³-hybridized carbons (Fsp3) is 0.217. The highest BCUT2D eigenvalue weighted by molar-refractivity contribution is 9.10. The number of hydrogen-bond donors (Lipinski definition) is 2. The van der Waals surface area contributed by atoms with Gasteiger partial charge < -0.3 is 15.0 Å². The minimum Gasteiger partial charge on any atom is -0.389 e. The quantitative estimate of drug-likeness (QED) is 0.318. The summed E-state index contributed by atoms with van der Waals surface area (Å²) in [6, 6.07) is 18.8. The molecule has 2 N–H and O–H groups in total. The van der Waals surface area contributed by atoms with Gasteiger partial charge in [0, 0.05) is 25.4 Å². The summed E-state index contributed by atoms with van der Waals surface area (Å²) >= 11 is 7.19. The molecule has 28 heavy (non-hydrogen) atoms. The van der Waals surface area contributed by atoms with Crippen LogP contribution in [0.1, 0.15) is 24.2 Å². The lowest BCUT2D eigenvalue weighted by Gasteiger charge is -2.27. The number of benzene rings is 3. The molecule has 0 aliphatic rings. The minimum atomic E-state index is -0.592. The molecule has 2 unspecified atom stereocenters. The molecule has 0 amide bonds. The number of aliphatic hydroxyl groups excluding tert-OH is 1. The van der Waals surface area contributed by atoms with Crippen LogP contribution in [0, 0.1) is 13.8 Å². The average molecular weight is 502 g/mol. The average Bonchev–Trinajstić information content (AvgIpc) is 2.95. The highest BCUT2D eigenvalue weighted by atomic mass is 79.9. The molecular weight excluding hydrogens is 480 g/mol. The number of aromatic nitrogens is 1. The van der Waals surface area contributed by atoms with Crippen molar-refractivity contribution in [2.45, 2.75) is 33.0 Å². The SMILES string of the molecule is Cc1cccc(NC(C(C)O)n2c3ccc(Br)cc3c3cc(Br)ccc32)c1C. The predicted molar refractivity (Wildman–Crippen MR) is 125 cm³/mol. The Morgan fingerprint density at radius 1 is 0.893 bits per heavy atom. The molecule has 5 heteroatoms. The summed E-state index contributed by atoms with van der Waals surface area (Å²) in [4.78, 5) is 0. The van der Waals surface area contributed by atoms with Crippen LogP contribution in [-0.2, 0) is 0 Å². The first kappa shape index (κ1) is 19.5. The first-order valence-corrected chi connectivity index (χ1v) is 10.8. The number of halogens is 2. The number of aliphatic hydroxyl groups is 1. The Hall–Kier alpha value is -1.82. The third-order valence-corrected chi connectivity index (χ3v) is 6.36. The smallest absolute Gasteiger partial charge is 0.130 e. The maximum atomic E-state index is 10.7. The molecule has 0 bridgehead atoms. The van der Waals surface area contributed by atoms with Gasteiger partial charge in [-0.05, 0) is 74.4 Å². The third-order valence-electron chi connectivity index (χ3n) is 5.37. The molecule has 0 radical (unpaired) electrons. The van der Waals surface area contributed by atoms with Gasteiger partial charge in [-0.15, -0.1) is 0 Å². The molecular formula is C23H22Br2N2O. The molecule has 0 aliphatic carbocycles. The van der Waals surface area contributed by atoms with Gasteiger partial charge in [0.2, 0.25) is 0 Å². The Balaban J connectivity index is 1.97. The molecule has 2 atom stereocenters. The molecule has 4 rings (SSSR count). The predicted octanol–water partition coefficient (Wildman–Crippen LogP) is 6.93. The topological polar surface area (TPSA) is 37.2 Å². The van der Waals surface area contributed by atoms with Crippen LogP contribution >= 0.6 is 31.9 Å². The lowest BCUT2D eigenvalue weighted by molar-refractivity contribution is 0.147. The van der Waals surface area contributed by atoms with Crippen LogP contribution in [0.4, 0.5) is 5.69 Å². The van der Waals surface area contributed by atoms with Crippen molar-refractivity contribution < 1.29 is 5.11 Å². The molecule has 144 valence electrons. The van der Waals surface area contributed by atoms with E-state index >= 15 is 0 Å². The lowest BCUT2D eigenvalue weighted by Crippen LogP contribution is -2.29. The Morgan fingerprint density at radius 2 is 1.46 bits per heavy atom. The van der Waals surface area contributed by atoms with E-state index in [0.29, 0.717) is 0 Å². The monoisotopic (exact) mass is 500 g/mol. The Labute approximate surface area is 181 Å². The fourth-order valence-corrected chi connectivity index (χ4v) is 4.49. The molecule has 1 heterocycles. The zero-order valence-corrected chi connectivity index (χ0v) is 19.2. The van der Waals surface area contributed by atoms with E-state index in [9.17, 15) is 5.11 Å². The van der Waals surface area contributed by atoms with Crippen molar-refractivity contribution in [3.05, 3.63) is 74.7 Å². The summed E-state index contributed by atoms with van der Waals surface area (Å²) in [5.41, 5.74) is 5.62. The van der Waals surface area contributed by atoms with E-state index in [2.05, 4.69) is 92.0 Å². The molecule has 0 spiro atoms. The van der Waals surface area contributed by atoms with Crippen molar-refractivity contribution in [3.63, 3.8) is 0 Å². The number of nitrogens with zero attached hydrogens (tertiary/aromatic N) is 1. The standard InChI is InChI=1S/C23H22Br2N2O/c1-13-5-4-6-20(14(13)2)26-23(15(3)28)27-21-9-7-16(24)11-18(21)19-12-17(25)8-10-22(19)27/h4-12,15,23,26,28H,1-3H3. The second-order valence-electron chi connectivity index (χ2n) is 7.27. The van der Waals surface area contributed by atoms with Crippen LogP contribution in [0.2, 0.25) is 0 Å². The van der Waals surface area contributed by atoms with Gasteiger partial charge >= 0.3 is 0 Å². The molecule has 0 saturated carbocycles. The second-order valence-corrected chi connectivity index (χ2v) is 9.10. The molecule has 0 saturated heterocycles. The molecule has 4 aromatic rings. The second kappa shape index (κ2) is 7.54. The first-order chi connectivity index (χ1) is 13.4. The van der Waals surface area contributed by atoms with Gasteiger partial charge in [0.1, 0.15) is 6.17 Å². The van der Waals surface area contributed by atoms with E-state index in [1.807, 2.05) is 25.1 Å². The van der Waals surface area contributed by atoms with Crippen LogP contribution in [-0.4, -0.2) is 15.8 Å². The van der Waals surface area contributed by atoms with Crippen molar-refractivity contribution in [2.24, 2.45) is 0 Å². The normalized spacial score (nSPS) is 13.8. The van der Waals surface area contributed by atoms with Gasteiger partial charge in [0.25, 0.3) is 0 Å². The van der Waals surface area contributed by atoms with Gasteiger partial charge in [-0.2, -0.15) is 0 Å². The molecule has 3 nitrogen and oxygen atoms in total. The van der Waals surface area contributed by atoms with E-state index in [1.54, 1.807) is 0 Å². The van der Waals surface area contributed by atoms with Crippen LogP contribution in [0.3, 0.4) is 0 Å². The zero-order chi connectivity index (χ0) is 20.0. The van der Waals surface area contributed by atoms with Crippen molar-refractivity contribution >= 4 is 59.4 Å². The highest BCUT2D eigenvalue weighted by Gasteiger charge is 2.23. The summed E-state index contributed by atoms with van der Waals surface area (Å²) in [7, 11) is 0. The third kappa shape index (κ3) is 3.36. The van der Waals surface area contributed by atoms with E-state index in [1.165, 1.54) is 11.1 Å². The largest absolute Gasteiger partial charge is 0.389 e. The number of hydrogen-bond acceptors (Lipinski definition) is 2. The molecule has 0 fully saturated rings. The summed E-state index contributed by atoms with van der Waals surface area (Å²) in [6.07, 6.45) is -0.895. The van der Waals surface area contributed by atoms with Crippen LogP contribution in [0.15, 0.2) is 63.5 Å². The van der Waals surface area contributed by atoms with Crippen molar-refractivity contribution in [2.75, 3.05) is 5.32 Å². The van der Waals surface area contributed by atoms with Crippen LogP contribution in [0.25, 0.3) is 21.8 Å². The molecule has 3 aromatic carbocycles. The first-order valence-electron chi connectivity index (χ1n) is 9.26. The fourth-order valence-electron chi connectivity index (χ4n) is 3.77.